The number of rotatable bonds is 10. The predicted molar refractivity (Wildman–Crippen MR) is 147 cm³/mol. The molecule has 0 amide bonds. The number of piperidine rings is 1. The van der Waals surface area contributed by atoms with Crippen LogP contribution in [0.4, 0.5) is 0 Å². The van der Waals surface area contributed by atoms with Crippen LogP contribution in [0.3, 0.4) is 0 Å². The lowest BCUT2D eigenvalue weighted by molar-refractivity contribution is 0.0685. The molecule has 0 bridgehead atoms. The Labute approximate surface area is 206 Å². The van der Waals surface area contributed by atoms with Gasteiger partial charge in [-0.1, -0.05) is 91.6 Å². The number of halogens is 1. The predicted octanol–water partition coefficient (Wildman–Crippen LogP) is 8.40. The van der Waals surface area contributed by atoms with Gasteiger partial charge in [0.15, 0.2) is 0 Å². The molecule has 1 aromatic carbocycles. The first-order chi connectivity index (χ1) is 15.3. The Hall–Kier alpha value is -0.570. The number of hydrogen-bond acceptors (Lipinski definition) is 2. The van der Waals surface area contributed by atoms with E-state index in [1.807, 2.05) is 26.8 Å². The van der Waals surface area contributed by atoms with Crippen molar-refractivity contribution in [3.63, 3.8) is 0 Å². The van der Waals surface area contributed by atoms with E-state index in [1.54, 1.807) is 0 Å². The molecule has 2 rings (SSSR count). The monoisotopic (exact) mass is 466 g/mol. The van der Waals surface area contributed by atoms with Gasteiger partial charge in [0.05, 0.1) is 0 Å². The summed E-state index contributed by atoms with van der Waals surface area (Å²) in [5.74, 6) is 1.68. The Morgan fingerprint density at radius 2 is 1.59 bits per heavy atom. The summed E-state index contributed by atoms with van der Waals surface area (Å²) >= 11 is 6.07. The maximum Gasteiger partial charge on any atom is 0.0467 e. The summed E-state index contributed by atoms with van der Waals surface area (Å²) < 4.78 is 0. The van der Waals surface area contributed by atoms with Crippen LogP contribution in [0.5, 0.6) is 0 Å². The first-order valence-corrected chi connectivity index (χ1v) is 13.8. The lowest BCUT2D eigenvalue weighted by atomic mass is 9.66. The van der Waals surface area contributed by atoms with E-state index in [4.69, 9.17) is 11.6 Å². The topological polar surface area (TPSA) is 15.3 Å². The van der Waals surface area contributed by atoms with Crippen molar-refractivity contribution in [2.45, 2.75) is 101 Å². The Kier molecular flexibility index (Phi) is 17.5. The third-order valence-electron chi connectivity index (χ3n) is 7.06. The normalized spacial score (nSPS) is 15.5. The summed E-state index contributed by atoms with van der Waals surface area (Å²) in [6.45, 7) is 26.5. The third-order valence-corrected chi connectivity index (χ3v) is 7.61. The molecule has 1 aromatic rings. The molecule has 1 N–H and O–H groups in total. The van der Waals surface area contributed by atoms with E-state index in [0.29, 0.717) is 5.41 Å². The molecule has 1 aliphatic rings. The molecule has 1 unspecified atom stereocenters. The largest absolute Gasteiger partial charge is 0.317 e. The number of nitrogens with one attached hydrogen (secondary N) is 1. The Bertz CT molecular complexity index is 573. The first kappa shape index (κ1) is 31.4. The van der Waals surface area contributed by atoms with Crippen molar-refractivity contribution in [2.24, 2.45) is 17.3 Å². The van der Waals surface area contributed by atoms with Crippen LogP contribution in [0, 0.1) is 24.2 Å². The van der Waals surface area contributed by atoms with Crippen molar-refractivity contribution in [2.75, 3.05) is 32.7 Å². The standard InChI is InChI=1S/C17H36N2.C10H13Cl.C2H6/c1-6-12-19(13-7-2)14-15(3)17(4,5)16-8-10-18-11-9-16;1-3-5-9-7-4-6-8(2)10(9)11;1-2/h15-16,18H,6-14H2,1-5H3;4,6-7H,3,5H2,1-2H3;1-2H3. The van der Waals surface area contributed by atoms with Gasteiger partial charge in [-0.05, 0) is 93.6 Å². The van der Waals surface area contributed by atoms with Crippen LogP contribution in [-0.2, 0) is 6.42 Å². The first-order valence-electron chi connectivity index (χ1n) is 13.4. The molecule has 3 heteroatoms. The second-order valence-corrected chi connectivity index (χ2v) is 10.2. The van der Waals surface area contributed by atoms with E-state index in [1.165, 1.54) is 69.5 Å². The third kappa shape index (κ3) is 11.0. The minimum absolute atomic E-state index is 0.474. The summed E-state index contributed by atoms with van der Waals surface area (Å²) in [7, 11) is 0. The van der Waals surface area contributed by atoms with E-state index >= 15 is 0 Å². The summed E-state index contributed by atoms with van der Waals surface area (Å²) in [6, 6.07) is 6.20. The molecule has 1 fully saturated rings. The average molecular weight is 467 g/mol. The van der Waals surface area contributed by atoms with Crippen LogP contribution < -0.4 is 5.32 Å². The van der Waals surface area contributed by atoms with Crippen LogP contribution in [0.2, 0.25) is 5.02 Å². The van der Waals surface area contributed by atoms with Crippen LogP contribution in [0.15, 0.2) is 18.2 Å². The number of benzene rings is 1. The zero-order valence-corrected chi connectivity index (χ0v) is 23.7. The van der Waals surface area contributed by atoms with Gasteiger partial charge in [-0.25, -0.2) is 0 Å². The highest BCUT2D eigenvalue weighted by Gasteiger charge is 2.35. The van der Waals surface area contributed by atoms with Crippen LogP contribution in [0.25, 0.3) is 0 Å². The van der Waals surface area contributed by atoms with Gasteiger partial charge >= 0.3 is 0 Å². The fraction of sp³-hybridized carbons (Fsp3) is 0.793. The van der Waals surface area contributed by atoms with E-state index in [-0.39, 0.29) is 0 Å². The summed E-state index contributed by atoms with van der Waals surface area (Å²) in [5.41, 5.74) is 2.92. The molecule has 2 nitrogen and oxygen atoms in total. The molecule has 0 spiro atoms. The van der Waals surface area contributed by atoms with Gasteiger partial charge in [0.2, 0.25) is 0 Å². The second kappa shape index (κ2) is 17.8. The van der Waals surface area contributed by atoms with Gasteiger partial charge in [-0.15, -0.1) is 0 Å². The number of nitrogens with zero attached hydrogens (tertiary/aromatic N) is 1. The quantitative estimate of drug-likeness (QED) is 0.372. The minimum Gasteiger partial charge on any atom is -0.317 e. The zero-order valence-electron chi connectivity index (χ0n) is 23.0. The van der Waals surface area contributed by atoms with Crippen LogP contribution >= 0.6 is 11.6 Å². The molecule has 0 saturated carbocycles. The van der Waals surface area contributed by atoms with Crippen LogP contribution in [-0.4, -0.2) is 37.6 Å². The fourth-order valence-corrected chi connectivity index (χ4v) is 4.91. The van der Waals surface area contributed by atoms with E-state index in [0.717, 1.165) is 29.7 Å². The highest BCUT2D eigenvalue weighted by molar-refractivity contribution is 6.32. The summed E-state index contributed by atoms with van der Waals surface area (Å²) in [6.07, 6.45) is 7.52. The van der Waals surface area contributed by atoms with Crippen molar-refractivity contribution in [3.05, 3.63) is 34.3 Å². The molecule has 0 aromatic heterocycles. The Morgan fingerprint density at radius 1 is 1.03 bits per heavy atom. The van der Waals surface area contributed by atoms with Crippen molar-refractivity contribution in [1.82, 2.24) is 10.2 Å². The zero-order chi connectivity index (χ0) is 24.6. The van der Waals surface area contributed by atoms with Crippen molar-refractivity contribution >= 4 is 11.6 Å². The maximum atomic E-state index is 6.07. The van der Waals surface area contributed by atoms with Gasteiger partial charge in [0.25, 0.3) is 0 Å². The molecule has 188 valence electrons. The lowest BCUT2D eigenvalue weighted by Crippen LogP contribution is -2.43. The van der Waals surface area contributed by atoms with E-state index in [9.17, 15) is 0 Å². The minimum atomic E-state index is 0.474. The Morgan fingerprint density at radius 3 is 2.09 bits per heavy atom. The molecule has 1 saturated heterocycles. The summed E-state index contributed by atoms with van der Waals surface area (Å²) in [4.78, 5) is 2.67. The van der Waals surface area contributed by atoms with E-state index < -0.39 is 0 Å². The molecule has 0 radical (unpaired) electrons. The SMILES string of the molecule is CC.CCCN(CCC)CC(C)C(C)(C)C1CCNCC1.CCCc1cccc(C)c1Cl. The van der Waals surface area contributed by atoms with Crippen molar-refractivity contribution < 1.29 is 0 Å². The van der Waals surface area contributed by atoms with Gasteiger partial charge in [0.1, 0.15) is 0 Å². The Balaban J connectivity index is 0.000000626. The van der Waals surface area contributed by atoms with E-state index in [2.05, 4.69) is 63.9 Å². The molecule has 1 heterocycles. The van der Waals surface area contributed by atoms with Crippen LogP contribution in [0.1, 0.15) is 98.6 Å². The van der Waals surface area contributed by atoms with Gasteiger partial charge in [-0.3, -0.25) is 0 Å². The van der Waals surface area contributed by atoms with Gasteiger partial charge in [-0.2, -0.15) is 0 Å². The highest BCUT2D eigenvalue weighted by Crippen LogP contribution is 2.40. The lowest BCUT2D eigenvalue weighted by Gasteiger charge is -2.43. The van der Waals surface area contributed by atoms with Crippen molar-refractivity contribution in [3.8, 4) is 0 Å². The molecule has 0 aliphatic carbocycles. The highest BCUT2D eigenvalue weighted by atomic mass is 35.5. The van der Waals surface area contributed by atoms with Gasteiger partial charge in [0, 0.05) is 11.6 Å². The molecular formula is C29H55ClN2. The van der Waals surface area contributed by atoms with Gasteiger partial charge < -0.3 is 10.2 Å². The summed E-state index contributed by atoms with van der Waals surface area (Å²) in [5, 5.41) is 4.44. The fourth-order valence-electron chi connectivity index (χ4n) is 4.69. The molecule has 32 heavy (non-hydrogen) atoms. The number of hydrogen-bond donors (Lipinski definition) is 1. The van der Waals surface area contributed by atoms with Crippen molar-refractivity contribution in [1.29, 1.82) is 0 Å². The number of aryl methyl sites for hydroxylation is 2. The molecule has 1 aliphatic heterocycles. The molecular weight excluding hydrogens is 412 g/mol. The molecule has 1 atom stereocenters. The maximum absolute atomic E-state index is 6.07. The average Bonchev–Trinajstić information content (AvgIpc) is 2.80. The smallest absolute Gasteiger partial charge is 0.0467 e. The second-order valence-electron chi connectivity index (χ2n) is 9.85.